The summed E-state index contributed by atoms with van der Waals surface area (Å²) in [5.41, 5.74) is 4.10. The van der Waals surface area contributed by atoms with Gasteiger partial charge in [0.15, 0.2) is 0 Å². The third kappa shape index (κ3) is 1.78. The fourth-order valence-electron chi connectivity index (χ4n) is 1.04. The third-order valence-corrected chi connectivity index (χ3v) is 1.62. The van der Waals surface area contributed by atoms with Crippen molar-refractivity contribution < 1.29 is 18.3 Å². The molecule has 0 saturated heterocycles. The van der Waals surface area contributed by atoms with Crippen molar-refractivity contribution in [3.8, 4) is 5.88 Å². The van der Waals surface area contributed by atoms with E-state index in [4.69, 9.17) is 5.73 Å². The average Bonchev–Trinajstić information content (AvgIpc) is 2.16. The lowest BCUT2D eigenvalue weighted by Gasteiger charge is -2.08. The summed E-state index contributed by atoms with van der Waals surface area (Å²) in [5, 5.41) is 0. The van der Waals surface area contributed by atoms with Crippen molar-refractivity contribution in [2.75, 3.05) is 7.11 Å². The molecule has 0 spiro atoms. The molecule has 0 fully saturated rings. The van der Waals surface area contributed by atoms with Crippen LogP contribution in [0.1, 0.15) is 22.3 Å². The number of carbonyl (C=O) groups excluding carboxylic acids is 1. The summed E-state index contributed by atoms with van der Waals surface area (Å²) in [7, 11) is 1.23. The van der Waals surface area contributed by atoms with Gasteiger partial charge in [-0.1, -0.05) is 0 Å². The summed E-state index contributed by atoms with van der Waals surface area (Å²) in [4.78, 5) is 14.5. The standard InChI is InChI=1S/C8H8F2N2O2/c1-14-8-5(7(11)13)4(6(9)10)2-3-12-8/h2-3,6H,1H3,(H2,11,13). The fourth-order valence-corrected chi connectivity index (χ4v) is 1.04. The molecule has 0 aliphatic heterocycles. The molecule has 1 aromatic rings. The van der Waals surface area contributed by atoms with Gasteiger partial charge in [-0.05, 0) is 6.07 Å². The van der Waals surface area contributed by atoms with Crippen molar-refractivity contribution in [2.45, 2.75) is 6.43 Å². The van der Waals surface area contributed by atoms with E-state index in [-0.39, 0.29) is 11.4 Å². The second kappa shape index (κ2) is 3.99. The maximum Gasteiger partial charge on any atom is 0.264 e. The van der Waals surface area contributed by atoms with Crippen LogP contribution in [0.15, 0.2) is 12.3 Å². The Bertz CT molecular complexity index is 355. The molecule has 0 aliphatic rings. The van der Waals surface area contributed by atoms with Gasteiger partial charge in [0.05, 0.1) is 7.11 Å². The van der Waals surface area contributed by atoms with E-state index in [1.165, 1.54) is 7.11 Å². The lowest BCUT2D eigenvalue weighted by molar-refractivity contribution is 0.0981. The first-order chi connectivity index (χ1) is 6.57. The van der Waals surface area contributed by atoms with Gasteiger partial charge in [-0.25, -0.2) is 13.8 Å². The number of alkyl halides is 2. The lowest BCUT2D eigenvalue weighted by Crippen LogP contribution is -2.16. The number of aromatic nitrogens is 1. The van der Waals surface area contributed by atoms with Crippen LogP contribution in [0.25, 0.3) is 0 Å². The number of amides is 1. The Balaban J connectivity index is 3.35. The van der Waals surface area contributed by atoms with Crippen molar-refractivity contribution in [1.82, 2.24) is 4.98 Å². The Labute approximate surface area is 78.7 Å². The number of halogens is 2. The van der Waals surface area contributed by atoms with Crippen LogP contribution in [-0.4, -0.2) is 18.0 Å². The van der Waals surface area contributed by atoms with Gasteiger partial charge in [0.25, 0.3) is 12.3 Å². The molecule has 0 unspecified atom stereocenters. The van der Waals surface area contributed by atoms with Crippen molar-refractivity contribution in [1.29, 1.82) is 0 Å². The Morgan fingerprint density at radius 2 is 2.29 bits per heavy atom. The average molecular weight is 202 g/mol. The number of pyridine rings is 1. The van der Waals surface area contributed by atoms with Crippen LogP contribution < -0.4 is 10.5 Å². The molecular weight excluding hydrogens is 194 g/mol. The molecule has 0 saturated carbocycles. The van der Waals surface area contributed by atoms with E-state index in [0.29, 0.717) is 0 Å². The number of primary amides is 1. The van der Waals surface area contributed by atoms with E-state index in [0.717, 1.165) is 12.3 Å². The number of nitrogens with zero attached hydrogens (tertiary/aromatic N) is 1. The van der Waals surface area contributed by atoms with E-state index in [9.17, 15) is 13.6 Å². The van der Waals surface area contributed by atoms with Crippen LogP contribution in [0.4, 0.5) is 8.78 Å². The zero-order valence-corrected chi connectivity index (χ0v) is 7.33. The number of carbonyl (C=O) groups is 1. The van der Waals surface area contributed by atoms with Gasteiger partial charge in [-0.3, -0.25) is 4.79 Å². The number of hydrogen-bond donors (Lipinski definition) is 1. The predicted octanol–water partition coefficient (Wildman–Crippen LogP) is 1.13. The second-order valence-corrected chi connectivity index (χ2v) is 2.45. The molecule has 4 nitrogen and oxygen atoms in total. The second-order valence-electron chi connectivity index (χ2n) is 2.45. The minimum absolute atomic E-state index is 0.185. The molecule has 76 valence electrons. The van der Waals surface area contributed by atoms with Crippen LogP contribution >= 0.6 is 0 Å². The van der Waals surface area contributed by atoms with Crippen molar-refractivity contribution >= 4 is 5.91 Å². The van der Waals surface area contributed by atoms with Gasteiger partial charge in [0.2, 0.25) is 5.88 Å². The van der Waals surface area contributed by atoms with Crippen LogP contribution in [0, 0.1) is 0 Å². The lowest BCUT2D eigenvalue weighted by atomic mass is 10.1. The molecule has 1 heterocycles. The molecule has 6 heteroatoms. The minimum atomic E-state index is -2.78. The smallest absolute Gasteiger partial charge is 0.264 e. The zero-order valence-electron chi connectivity index (χ0n) is 7.33. The summed E-state index contributed by atoms with van der Waals surface area (Å²) in [6.07, 6.45) is -1.65. The molecule has 0 aromatic carbocycles. The minimum Gasteiger partial charge on any atom is -0.480 e. The Hall–Kier alpha value is -1.72. The van der Waals surface area contributed by atoms with Gasteiger partial charge < -0.3 is 10.5 Å². The summed E-state index contributed by atoms with van der Waals surface area (Å²) < 4.78 is 29.5. The third-order valence-electron chi connectivity index (χ3n) is 1.62. The molecule has 0 bridgehead atoms. The number of methoxy groups -OCH3 is 1. The zero-order chi connectivity index (χ0) is 10.7. The van der Waals surface area contributed by atoms with Gasteiger partial charge in [0.1, 0.15) is 5.56 Å². The number of ether oxygens (including phenoxy) is 1. The van der Waals surface area contributed by atoms with Gasteiger partial charge >= 0.3 is 0 Å². The maximum atomic E-state index is 12.4. The van der Waals surface area contributed by atoms with Gasteiger partial charge in [-0.15, -0.1) is 0 Å². The molecule has 0 aliphatic carbocycles. The predicted molar refractivity (Wildman–Crippen MR) is 44.3 cm³/mol. The summed E-state index contributed by atoms with van der Waals surface area (Å²) in [6, 6.07) is 1.03. The number of hydrogen-bond acceptors (Lipinski definition) is 3. The highest BCUT2D eigenvalue weighted by Gasteiger charge is 2.21. The van der Waals surface area contributed by atoms with Crippen LogP contribution in [0.3, 0.4) is 0 Å². The summed E-state index contributed by atoms with van der Waals surface area (Å²) in [6.45, 7) is 0. The molecule has 0 atom stereocenters. The van der Waals surface area contributed by atoms with Crippen LogP contribution in [-0.2, 0) is 0 Å². The molecular formula is C8H8F2N2O2. The topological polar surface area (TPSA) is 65.2 Å². The normalized spacial score (nSPS) is 10.3. The quantitative estimate of drug-likeness (QED) is 0.798. The maximum absolute atomic E-state index is 12.4. The first-order valence-electron chi connectivity index (χ1n) is 3.68. The summed E-state index contributed by atoms with van der Waals surface area (Å²) in [5.74, 6) is -1.17. The molecule has 0 radical (unpaired) electrons. The molecule has 14 heavy (non-hydrogen) atoms. The molecule has 2 N–H and O–H groups in total. The highest BCUT2D eigenvalue weighted by molar-refractivity contribution is 5.96. The van der Waals surface area contributed by atoms with Gasteiger partial charge in [0, 0.05) is 11.8 Å². The SMILES string of the molecule is COc1nccc(C(F)F)c1C(N)=O. The molecule has 1 rings (SSSR count). The first-order valence-corrected chi connectivity index (χ1v) is 3.68. The van der Waals surface area contributed by atoms with Crippen molar-refractivity contribution in [2.24, 2.45) is 5.73 Å². The highest BCUT2D eigenvalue weighted by atomic mass is 19.3. The Morgan fingerprint density at radius 1 is 1.64 bits per heavy atom. The van der Waals surface area contributed by atoms with Crippen molar-refractivity contribution in [3.63, 3.8) is 0 Å². The van der Waals surface area contributed by atoms with Crippen molar-refractivity contribution in [3.05, 3.63) is 23.4 Å². The highest BCUT2D eigenvalue weighted by Crippen LogP contribution is 2.27. The van der Waals surface area contributed by atoms with E-state index < -0.39 is 17.9 Å². The van der Waals surface area contributed by atoms with E-state index in [1.54, 1.807) is 0 Å². The van der Waals surface area contributed by atoms with E-state index in [1.807, 2.05) is 0 Å². The largest absolute Gasteiger partial charge is 0.480 e. The summed E-state index contributed by atoms with van der Waals surface area (Å²) >= 11 is 0. The fraction of sp³-hybridized carbons (Fsp3) is 0.250. The molecule has 1 aromatic heterocycles. The first kappa shape index (κ1) is 10.4. The van der Waals surface area contributed by atoms with E-state index >= 15 is 0 Å². The number of rotatable bonds is 3. The molecule has 1 amide bonds. The monoisotopic (exact) mass is 202 g/mol. The van der Waals surface area contributed by atoms with Crippen LogP contribution in [0.2, 0.25) is 0 Å². The van der Waals surface area contributed by atoms with Gasteiger partial charge in [-0.2, -0.15) is 0 Å². The van der Waals surface area contributed by atoms with E-state index in [2.05, 4.69) is 9.72 Å². The number of nitrogens with two attached hydrogens (primary N) is 1. The Kier molecular flexibility index (Phi) is 2.95. The van der Waals surface area contributed by atoms with Crippen LogP contribution in [0.5, 0.6) is 5.88 Å². The Morgan fingerprint density at radius 3 is 2.71 bits per heavy atom.